The topological polar surface area (TPSA) is 20.2 Å². The fourth-order valence-corrected chi connectivity index (χ4v) is 0.600. The molecule has 1 nitrogen and oxygen atoms in total. The van der Waals surface area contributed by atoms with Crippen LogP contribution in [0.3, 0.4) is 0 Å². The third-order valence-corrected chi connectivity index (χ3v) is 1.05. The minimum atomic E-state index is 0.250. The van der Waals surface area contributed by atoms with Crippen LogP contribution in [-0.2, 0) is 0 Å². The molecule has 1 aromatic rings. The number of thiol groups is 1. The molecule has 0 heterocycles. The molecule has 1 aromatic carbocycles. The summed E-state index contributed by atoms with van der Waals surface area (Å²) in [6.07, 6.45) is 0. The Morgan fingerprint density at radius 1 is 1.30 bits per heavy atom. The molecular formula is C8H12OS. The lowest BCUT2D eigenvalue weighted by Crippen LogP contribution is -1.57. The highest BCUT2D eigenvalue weighted by Crippen LogP contribution is 2.00. The van der Waals surface area contributed by atoms with Crippen molar-refractivity contribution < 1.29 is 5.11 Å². The van der Waals surface area contributed by atoms with Crippen molar-refractivity contribution in [1.82, 2.24) is 0 Å². The second-order valence-electron chi connectivity index (χ2n) is 1.65. The van der Waals surface area contributed by atoms with Gasteiger partial charge >= 0.3 is 0 Å². The molecule has 0 saturated carbocycles. The van der Waals surface area contributed by atoms with Gasteiger partial charge in [0.1, 0.15) is 0 Å². The average molecular weight is 156 g/mol. The Morgan fingerprint density at radius 3 is 1.90 bits per heavy atom. The van der Waals surface area contributed by atoms with Gasteiger partial charge in [0.2, 0.25) is 0 Å². The van der Waals surface area contributed by atoms with Crippen LogP contribution in [0, 0.1) is 0 Å². The predicted molar refractivity (Wildman–Crippen MR) is 46.5 cm³/mol. The Bertz CT molecular complexity index is 151. The lowest BCUT2D eigenvalue weighted by atomic mass is 10.4. The number of aliphatic hydroxyl groups is 1. The molecule has 56 valence electrons. The van der Waals surface area contributed by atoms with Crippen LogP contribution in [0.15, 0.2) is 35.2 Å². The number of rotatable bonds is 0. The summed E-state index contributed by atoms with van der Waals surface area (Å²) in [4.78, 5) is 1.02. The van der Waals surface area contributed by atoms with Gasteiger partial charge in [-0.05, 0) is 19.1 Å². The first-order chi connectivity index (χ1) is 4.81. The summed E-state index contributed by atoms with van der Waals surface area (Å²) in [5.41, 5.74) is 0. The van der Waals surface area contributed by atoms with Gasteiger partial charge < -0.3 is 5.11 Å². The fourth-order valence-electron chi connectivity index (χ4n) is 0.428. The third kappa shape index (κ3) is 5.66. The highest BCUT2D eigenvalue weighted by Gasteiger charge is 1.73. The summed E-state index contributed by atoms with van der Waals surface area (Å²) in [6.45, 7) is 1.93. The van der Waals surface area contributed by atoms with Gasteiger partial charge in [0.15, 0.2) is 0 Å². The van der Waals surface area contributed by atoms with Crippen molar-refractivity contribution in [2.75, 3.05) is 6.61 Å². The zero-order valence-corrected chi connectivity index (χ0v) is 6.88. The van der Waals surface area contributed by atoms with Crippen LogP contribution in [0.1, 0.15) is 6.92 Å². The second kappa shape index (κ2) is 6.65. The van der Waals surface area contributed by atoms with E-state index in [0.717, 1.165) is 4.90 Å². The maximum atomic E-state index is 7.57. The van der Waals surface area contributed by atoms with E-state index in [1.54, 1.807) is 6.92 Å². The van der Waals surface area contributed by atoms with Crippen molar-refractivity contribution in [3.63, 3.8) is 0 Å². The molecule has 0 fully saturated rings. The normalized spacial score (nSPS) is 7.90. The first kappa shape index (κ1) is 9.53. The summed E-state index contributed by atoms with van der Waals surface area (Å²) in [5, 5.41) is 7.57. The molecule has 0 unspecified atom stereocenters. The largest absolute Gasteiger partial charge is 0.397 e. The Balaban J connectivity index is 0.000000236. The molecule has 0 saturated heterocycles. The lowest BCUT2D eigenvalue weighted by molar-refractivity contribution is 0.318. The summed E-state index contributed by atoms with van der Waals surface area (Å²) < 4.78 is 0. The molecule has 0 bridgehead atoms. The van der Waals surface area contributed by atoms with E-state index in [4.69, 9.17) is 5.11 Å². The highest BCUT2D eigenvalue weighted by atomic mass is 32.1. The zero-order chi connectivity index (χ0) is 7.82. The van der Waals surface area contributed by atoms with Gasteiger partial charge in [-0.1, -0.05) is 18.2 Å². The van der Waals surface area contributed by atoms with Crippen molar-refractivity contribution in [1.29, 1.82) is 0 Å². The van der Waals surface area contributed by atoms with E-state index < -0.39 is 0 Å². The number of hydrogen-bond donors (Lipinski definition) is 2. The monoisotopic (exact) mass is 156 g/mol. The standard InChI is InChI=1S/C6H6S.C2H6O/c7-6-4-2-1-3-5-6;1-2-3/h1-5,7H;3H,2H2,1H3. The summed E-state index contributed by atoms with van der Waals surface area (Å²) in [7, 11) is 0. The van der Waals surface area contributed by atoms with Crippen LogP contribution in [0.2, 0.25) is 0 Å². The minimum Gasteiger partial charge on any atom is -0.397 e. The number of benzene rings is 1. The van der Waals surface area contributed by atoms with Gasteiger partial charge in [-0.15, -0.1) is 12.6 Å². The van der Waals surface area contributed by atoms with Crippen molar-refractivity contribution in [2.45, 2.75) is 11.8 Å². The summed E-state index contributed by atoms with van der Waals surface area (Å²) in [5.74, 6) is 0. The molecule has 1 rings (SSSR count). The van der Waals surface area contributed by atoms with Crippen molar-refractivity contribution in [3.05, 3.63) is 30.3 Å². The molecular weight excluding hydrogens is 144 g/mol. The average Bonchev–Trinajstić information content (AvgIpc) is 1.91. The fraction of sp³-hybridized carbons (Fsp3) is 0.250. The minimum absolute atomic E-state index is 0.250. The predicted octanol–water partition coefficient (Wildman–Crippen LogP) is 1.97. The van der Waals surface area contributed by atoms with Crippen molar-refractivity contribution in [3.8, 4) is 0 Å². The second-order valence-corrected chi connectivity index (χ2v) is 2.17. The van der Waals surface area contributed by atoms with Gasteiger partial charge in [-0.3, -0.25) is 0 Å². The van der Waals surface area contributed by atoms with E-state index in [-0.39, 0.29) is 6.61 Å². The van der Waals surface area contributed by atoms with E-state index >= 15 is 0 Å². The van der Waals surface area contributed by atoms with Gasteiger partial charge in [0.05, 0.1) is 0 Å². The van der Waals surface area contributed by atoms with E-state index in [1.165, 1.54) is 0 Å². The van der Waals surface area contributed by atoms with Crippen molar-refractivity contribution >= 4 is 12.6 Å². The molecule has 0 amide bonds. The summed E-state index contributed by atoms with van der Waals surface area (Å²) >= 11 is 4.08. The Hall–Kier alpha value is -0.470. The number of aliphatic hydroxyl groups excluding tert-OH is 1. The smallest absolute Gasteiger partial charge is 0.0402 e. The van der Waals surface area contributed by atoms with Crippen LogP contribution in [0.5, 0.6) is 0 Å². The molecule has 1 N–H and O–H groups in total. The third-order valence-electron chi connectivity index (χ3n) is 0.756. The maximum absolute atomic E-state index is 7.57. The Morgan fingerprint density at radius 2 is 1.70 bits per heavy atom. The van der Waals surface area contributed by atoms with Gasteiger partial charge in [0.25, 0.3) is 0 Å². The highest BCUT2D eigenvalue weighted by molar-refractivity contribution is 7.80. The SMILES string of the molecule is CCO.Sc1ccccc1. The first-order valence-electron chi connectivity index (χ1n) is 3.16. The number of hydrogen-bond acceptors (Lipinski definition) is 2. The molecule has 0 spiro atoms. The Labute approximate surface area is 67.1 Å². The molecule has 0 aromatic heterocycles. The van der Waals surface area contributed by atoms with Crippen molar-refractivity contribution in [2.24, 2.45) is 0 Å². The lowest BCUT2D eigenvalue weighted by Gasteiger charge is -1.81. The molecule has 0 atom stereocenters. The van der Waals surface area contributed by atoms with E-state index in [2.05, 4.69) is 12.6 Å². The van der Waals surface area contributed by atoms with E-state index in [0.29, 0.717) is 0 Å². The molecule has 0 aliphatic rings. The molecule has 10 heavy (non-hydrogen) atoms. The van der Waals surface area contributed by atoms with Crippen LogP contribution in [-0.4, -0.2) is 11.7 Å². The zero-order valence-electron chi connectivity index (χ0n) is 5.99. The van der Waals surface area contributed by atoms with E-state index in [9.17, 15) is 0 Å². The van der Waals surface area contributed by atoms with E-state index in [1.807, 2.05) is 30.3 Å². The quantitative estimate of drug-likeness (QED) is 0.550. The van der Waals surface area contributed by atoms with Gasteiger partial charge in [-0.25, -0.2) is 0 Å². The van der Waals surface area contributed by atoms with Gasteiger partial charge in [0, 0.05) is 11.5 Å². The molecule has 0 aliphatic carbocycles. The van der Waals surface area contributed by atoms with Crippen LogP contribution < -0.4 is 0 Å². The molecule has 2 heteroatoms. The van der Waals surface area contributed by atoms with Crippen LogP contribution >= 0.6 is 12.6 Å². The molecule has 0 radical (unpaired) electrons. The Kier molecular flexibility index (Phi) is 6.33. The van der Waals surface area contributed by atoms with Crippen LogP contribution in [0.4, 0.5) is 0 Å². The van der Waals surface area contributed by atoms with Gasteiger partial charge in [-0.2, -0.15) is 0 Å². The maximum Gasteiger partial charge on any atom is 0.0402 e. The summed E-state index contributed by atoms with van der Waals surface area (Å²) in [6, 6.07) is 9.79. The molecule has 0 aliphatic heterocycles. The first-order valence-corrected chi connectivity index (χ1v) is 3.60. The van der Waals surface area contributed by atoms with Crippen LogP contribution in [0.25, 0.3) is 0 Å².